The highest BCUT2D eigenvalue weighted by Gasteiger charge is 2.30. The van der Waals surface area contributed by atoms with Gasteiger partial charge in [0.05, 0.1) is 5.56 Å². The van der Waals surface area contributed by atoms with Crippen molar-refractivity contribution in [2.45, 2.75) is 19.3 Å². The molecule has 0 heterocycles. The molecule has 1 rings (SSSR count). The summed E-state index contributed by atoms with van der Waals surface area (Å²) in [5, 5.41) is 2.43. The first kappa shape index (κ1) is 25.1. The Morgan fingerprint density at radius 3 is 2.19 bits per heavy atom. The number of benzene rings is 1. The number of alkyl halides is 6. The van der Waals surface area contributed by atoms with Gasteiger partial charge in [0.15, 0.2) is 13.2 Å². The predicted molar refractivity (Wildman–Crippen MR) is 87.3 cm³/mol. The Morgan fingerprint density at radius 1 is 1.11 bits per heavy atom. The van der Waals surface area contributed by atoms with Crippen LogP contribution < -0.4 is 20.5 Å². The van der Waals surface area contributed by atoms with Gasteiger partial charge in [-0.2, -0.15) is 26.3 Å². The van der Waals surface area contributed by atoms with E-state index in [2.05, 4.69) is 14.8 Å². The van der Waals surface area contributed by atoms with Gasteiger partial charge >= 0.3 is 12.4 Å². The number of nitrogens with two attached hydrogens (primary N) is 1. The normalized spacial score (nSPS) is 12.7. The Hall–Kier alpha value is -1.88. The van der Waals surface area contributed by atoms with Crippen LogP contribution in [0.5, 0.6) is 11.5 Å². The van der Waals surface area contributed by atoms with Crippen molar-refractivity contribution in [3.63, 3.8) is 0 Å². The number of halogens is 7. The molecule has 0 radical (unpaired) electrons. The summed E-state index contributed by atoms with van der Waals surface area (Å²) in [4.78, 5) is 12.2. The zero-order valence-corrected chi connectivity index (χ0v) is 14.9. The summed E-state index contributed by atoms with van der Waals surface area (Å²) >= 11 is 0. The lowest BCUT2D eigenvalue weighted by Crippen LogP contribution is -2.32. The number of nitrogens with one attached hydrogen (secondary N) is 1. The molecular formula is C15H19ClF6N2O3. The van der Waals surface area contributed by atoms with Gasteiger partial charge < -0.3 is 20.5 Å². The van der Waals surface area contributed by atoms with E-state index in [4.69, 9.17) is 5.73 Å². The number of carbonyl (C=O) groups is 1. The first-order valence-corrected chi connectivity index (χ1v) is 7.42. The predicted octanol–water partition coefficient (Wildman–Crippen LogP) is 3.32. The smallest absolute Gasteiger partial charge is 0.422 e. The Morgan fingerprint density at radius 2 is 1.67 bits per heavy atom. The molecule has 1 amide bonds. The van der Waals surface area contributed by atoms with Crippen LogP contribution in [0.3, 0.4) is 0 Å². The topological polar surface area (TPSA) is 73.6 Å². The summed E-state index contributed by atoms with van der Waals surface area (Å²) in [6.45, 7) is -1.16. The van der Waals surface area contributed by atoms with Crippen LogP contribution in [-0.4, -0.2) is 44.6 Å². The van der Waals surface area contributed by atoms with E-state index in [1.807, 2.05) is 0 Å². The van der Waals surface area contributed by atoms with Gasteiger partial charge in [0.1, 0.15) is 11.5 Å². The molecule has 0 bridgehead atoms. The van der Waals surface area contributed by atoms with Crippen LogP contribution >= 0.6 is 12.4 Å². The molecular weight excluding hydrogens is 406 g/mol. The minimum atomic E-state index is -4.65. The highest BCUT2D eigenvalue weighted by atomic mass is 35.5. The van der Waals surface area contributed by atoms with E-state index in [-0.39, 0.29) is 42.7 Å². The number of amides is 1. The van der Waals surface area contributed by atoms with E-state index in [9.17, 15) is 31.1 Å². The van der Waals surface area contributed by atoms with E-state index in [0.717, 1.165) is 18.2 Å². The quantitative estimate of drug-likeness (QED) is 0.628. The van der Waals surface area contributed by atoms with Gasteiger partial charge in [0.25, 0.3) is 5.91 Å². The molecule has 0 saturated heterocycles. The van der Waals surface area contributed by atoms with Gasteiger partial charge in [0, 0.05) is 6.54 Å². The van der Waals surface area contributed by atoms with Crippen LogP contribution in [0.4, 0.5) is 26.3 Å². The second kappa shape index (κ2) is 10.5. The summed E-state index contributed by atoms with van der Waals surface area (Å²) in [5.74, 6) is -1.69. The van der Waals surface area contributed by atoms with Crippen molar-refractivity contribution in [1.29, 1.82) is 0 Å². The van der Waals surface area contributed by atoms with Crippen LogP contribution in [0.15, 0.2) is 18.2 Å². The van der Waals surface area contributed by atoms with Crippen molar-refractivity contribution in [3.05, 3.63) is 23.8 Å². The fourth-order valence-electron chi connectivity index (χ4n) is 1.67. The second-order valence-corrected chi connectivity index (χ2v) is 5.52. The molecule has 1 aromatic rings. The lowest BCUT2D eigenvalue weighted by molar-refractivity contribution is -0.154. The fraction of sp³-hybridized carbons (Fsp3) is 0.533. The maximum absolute atomic E-state index is 12.3. The molecule has 0 spiro atoms. The first-order valence-electron chi connectivity index (χ1n) is 7.42. The van der Waals surface area contributed by atoms with Crippen molar-refractivity contribution >= 4 is 18.3 Å². The van der Waals surface area contributed by atoms with E-state index >= 15 is 0 Å². The van der Waals surface area contributed by atoms with Crippen LogP contribution in [0.2, 0.25) is 0 Å². The van der Waals surface area contributed by atoms with Gasteiger partial charge in [-0.3, -0.25) is 4.79 Å². The van der Waals surface area contributed by atoms with Crippen molar-refractivity contribution in [1.82, 2.24) is 5.32 Å². The Labute approximate surface area is 157 Å². The van der Waals surface area contributed by atoms with E-state index in [1.165, 1.54) is 0 Å². The number of hydrogen-bond acceptors (Lipinski definition) is 4. The summed E-state index contributed by atoms with van der Waals surface area (Å²) < 4.78 is 82.7. The monoisotopic (exact) mass is 424 g/mol. The Balaban J connectivity index is 0.00000676. The number of carbonyl (C=O) groups excluding carboxylic acids is 1. The Kier molecular flexibility index (Phi) is 9.73. The van der Waals surface area contributed by atoms with Crippen LogP contribution in [0.25, 0.3) is 0 Å². The molecule has 1 unspecified atom stereocenters. The number of hydrogen-bond donors (Lipinski definition) is 2. The molecule has 3 N–H and O–H groups in total. The Bertz CT molecular complexity index is 610. The van der Waals surface area contributed by atoms with Crippen molar-refractivity contribution in [3.8, 4) is 11.5 Å². The standard InChI is InChI=1S/C15H18F6N2O3.ClH/c1-9(5-22)6-23-13(24)11-4-10(25-7-14(16,17)18)2-3-12(11)26-8-15(19,20)21;/h2-4,9H,5-8,22H2,1H3,(H,23,24);1H. The molecule has 0 aliphatic rings. The minimum Gasteiger partial charge on any atom is -0.484 e. The maximum atomic E-state index is 12.3. The first-order chi connectivity index (χ1) is 11.9. The highest BCUT2D eigenvalue weighted by molar-refractivity contribution is 5.97. The largest absolute Gasteiger partial charge is 0.484 e. The molecule has 156 valence electrons. The molecule has 0 aliphatic heterocycles. The van der Waals surface area contributed by atoms with Crippen molar-refractivity contribution in [2.75, 3.05) is 26.3 Å². The molecule has 0 saturated carbocycles. The van der Waals surface area contributed by atoms with Gasteiger partial charge in [-0.05, 0) is 30.7 Å². The van der Waals surface area contributed by atoms with E-state index in [0.29, 0.717) is 0 Å². The zero-order chi connectivity index (χ0) is 20.0. The lowest BCUT2D eigenvalue weighted by atomic mass is 10.1. The molecule has 0 aliphatic carbocycles. The average Bonchev–Trinajstić information content (AvgIpc) is 2.54. The van der Waals surface area contributed by atoms with E-state index < -0.39 is 37.2 Å². The van der Waals surface area contributed by atoms with Crippen LogP contribution in [0.1, 0.15) is 17.3 Å². The molecule has 12 heteroatoms. The lowest BCUT2D eigenvalue weighted by Gasteiger charge is -2.16. The average molecular weight is 425 g/mol. The molecule has 1 atom stereocenters. The molecule has 0 fully saturated rings. The van der Waals surface area contributed by atoms with Crippen molar-refractivity contribution in [2.24, 2.45) is 11.7 Å². The molecule has 1 aromatic carbocycles. The van der Waals surface area contributed by atoms with Crippen LogP contribution in [-0.2, 0) is 0 Å². The number of ether oxygens (including phenoxy) is 2. The molecule has 0 aromatic heterocycles. The van der Waals surface area contributed by atoms with Gasteiger partial charge in [-0.25, -0.2) is 0 Å². The fourth-order valence-corrected chi connectivity index (χ4v) is 1.67. The SMILES string of the molecule is CC(CN)CNC(=O)c1cc(OCC(F)(F)F)ccc1OCC(F)(F)F.Cl. The summed E-state index contributed by atoms with van der Waals surface area (Å²) in [6.07, 6.45) is -9.25. The summed E-state index contributed by atoms with van der Waals surface area (Å²) in [5.41, 5.74) is 5.02. The third kappa shape index (κ3) is 10.1. The van der Waals surface area contributed by atoms with Crippen LogP contribution in [0, 0.1) is 5.92 Å². The molecule has 27 heavy (non-hydrogen) atoms. The maximum Gasteiger partial charge on any atom is 0.422 e. The van der Waals surface area contributed by atoms with E-state index in [1.54, 1.807) is 6.92 Å². The molecule has 5 nitrogen and oxygen atoms in total. The van der Waals surface area contributed by atoms with Gasteiger partial charge in [-0.15, -0.1) is 12.4 Å². The highest BCUT2D eigenvalue weighted by Crippen LogP contribution is 2.27. The minimum absolute atomic E-state index is 0. The third-order valence-corrected chi connectivity index (χ3v) is 3.00. The van der Waals surface area contributed by atoms with Gasteiger partial charge in [-0.1, -0.05) is 6.92 Å². The third-order valence-electron chi connectivity index (χ3n) is 3.00. The van der Waals surface area contributed by atoms with Gasteiger partial charge in [0.2, 0.25) is 0 Å². The zero-order valence-electron chi connectivity index (χ0n) is 14.1. The number of rotatable bonds is 8. The second-order valence-electron chi connectivity index (χ2n) is 5.52. The summed E-state index contributed by atoms with van der Waals surface area (Å²) in [6, 6.07) is 2.81. The van der Waals surface area contributed by atoms with Crippen molar-refractivity contribution < 1.29 is 40.6 Å². The summed E-state index contributed by atoms with van der Waals surface area (Å²) in [7, 11) is 0.